The Labute approximate surface area is 458 Å². The van der Waals surface area contributed by atoms with Crippen LogP contribution in [0.25, 0.3) is 0 Å². The number of allylic oxidation sites excluding steroid dienone is 15. The Morgan fingerprint density at radius 1 is 0.486 bits per heavy atom. The normalized spacial score (nSPS) is 14.5. The van der Waals surface area contributed by atoms with Crippen LogP contribution in [0.2, 0.25) is 0 Å². The van der Waals surface area contributed by atoms with Crippen molar-refractivity contribution >= 4 is 13.7 Å². The number of unbranched alkanes of at least 4 members (excludes halogenated alkanes) is 28. The van der Waals surface area contributed by atoms with Gasteiger partial charge in [0, 0.05) is 6.42 Å². The molecule has 0 aromatic rings. The van der Waals surface area contributed by atoms with Crippen molar-refractivity contribution in [1.82, 2.24) is 5.32 Å². The molecule has 1 amide bonds. The fraction of sp³-hybridized carbons (Fsp3) is 0.738. The molecule has 428 valence electrons. The number of nitrogens with zero attached hydrogens (tertiary/aromatic N) is 1. The fourth-order valence-electron chi connectivity index (χ4n) is 8.55. The van der Waals surface area contributed by atoms with Crippen molar-refractivity contribution < 1.29 is 32.9 Å². The smallest absolute Gasteiger partial charge is 0.268 e. The Hall–Kier alpha value is -2.58. The number of carbonyl (C=O) groups excluding carboxylic acids is 1. The first-order chi connectivity index (χ1) is 36.0. The zero-order valence-electron chi connectivity index (χ0n) is 48.8. The maximum absolute atomic E-state index is 12.9. The third-order valence-corrected chi connectivity index (χ3v) is 14.3. The third-order valence-electron chi connectivity index (χ3n) is 13.3. The zero-order valence-corrected chi connectivity index (χ0v) is 49.7. The minimum Gasteiger partial charge on any atom is -0.756 e. The van der Waals surface area contributed by atoms with Crippen molar-refractivity contribution in [2.24, 2.45) is 0 Å². The molecular formula is C65H117N2O6P. The highest BCUT2D eigenvalue weighted by molar-refractivity contribution is 7.45. The molecule has 0 heterocycles. The number of quaternary nitrogens is 1. The van der Waals surface area contributed by atoms with Gasteiger partial charge in [0.25, 0.3) is 7.82 Å². The van der Waals surface area contributed by atoms with Gasteiger partial charge in [-0.1, -0.05) is 272 Å². The maximum Gasteiger partial charge on any atom is 0.268 e. The standard InChI is InChI=1S/C65H117N2O6P/c1-6-8-10-12-14-16-18-19-20-21-22-23-24-25-26-27-28-29-30-31-32-33-34-35-36-37-38-39-40-41-42-43-44-45-46-47-49-51-53-55-57-59-65(69)66-63(62-73-74(70,71)72-61-60-67(3,4)5)64(68)58-56-54-52-50-48-17-15-13-11-9-7-2/h8,10,14,16,19-20,22-23,25-26,28-29,31-32,56,58,63-64,68H,6-7,9,11-13,15,17-18,21,24,27,30,33-55,57,59-62H2,1-5H3,(H-,66,69,70,71)/b10-8-,16-14-,20-19-,23-22-,26-25-,29-28-,32-31-,58-56+. The molecule has 0 spiro atoms. The summed E-state index contributed by atoms with van der Waals surface area (Å²) in [4.78, 5) is 25.4. The topological polar surface area (TPSA) is 108 Å². The number of amides is 1. The number of hydrogen-bond acceptors (Lipinski definition) is 6. The molecule has 9 heteroatoms. The lowest BCUT2D eigenvalue weighted by molar-refractivity contribution is -0.870. The molecule has 8 nitrogen and oxygen atoms in total. The van der Waals surface area contributed by atoms with E-state index in [-0.39, 0.29) is 19.1 Å². The lowest BCUT2D eigenvalue weighted by atomic mass is 10.0. The van der Waals surface area contributed by atoms with Gasteiger partial charge in [-0.25, -0.2) is 0 Å². The molecule has 0 aliphatic carbocycles. The number of phosphoric acid groups is 1. The van der Waals surface area contributed by atoms with Crippen molar-refractivity contribution in [2.45, 2.75) is 270 Å². The molecule has 0 fully saturated rings. The Morgan fingerprint density at radius 3 is 1.20 bits per heavy atom. The van der Waals surface area contributed by atoms with Crippen LogP contribution < -0.4 is 10.2 Å². The van der Waals surface area contributed by atoms with Gasteiger partial charge in [0.05, 0.1) is 39.9 Å². The van der Waals surface area contributed by atoms with Crippen LogP contribution in [0, 0.1) is 0 Å². The summed E-state index contributed by atoms with van der Waals surface area (Å²) in [5.74, 6) is -0.199. The highest BCUT2D eigenvalue weighted by atomic mass is 31.2. The average molecular weight is 1050 g/mol. The molecule has 0 bridgehead atoms. The van der Waals surface area contributed by atoms with E-state index in [4.69, 9.17) is 9.05 Å². The van der Waals surface area contributed by atoms with E-state index >= 15 is 0 Å². The number of aliphatic hydroxyl groups excluding tert-OH is 1. The SMILES string of the molecule is CC/C=C\C/C=C\C/C=C\C/C=C\C/C=C\C/C=C\C/C=C\CCCCCCCCCCCCCCCCCCCCCC(=O)NC(COP(=O)([O-])OCC[N+](C)(C)C)C(O)/C=C/CCCCCCCCCCC. The van der Waals surface area contributed by atoms with Crippen molar-refractivity contribution in [1.29, 1.82) is 0 Å². The summed E-state index contributed by atoms with van der Waals surface area (Å²) >= 11 is 0. The molecule has 0 saturated heterocycles. The molecular weight excluding hydrogens is 936 g/mol. The quantitative estimate of drug-likeness (QED) is 0.0272. The maximum atomic E-state index is 12.9. The molecule has 2 N–H and O–H groups in total. The Kier molecular flexibility index (Phi) is 53.3. The molecule has 0 radical (unpaired) electrons. The summed E-state index contributed by atoms with van der Waals surface area (Å²) in [6, 6.07) is -0.887. The number of rotatable bonds is 55. The summed E-state index contributed by atoms with van der Waals surface area (Å²) in [5.41, 5.74) is 0. The van der Waals surface area contributed by atoms with E-state index in [1.165, 1.54) is 154 Å². The first-order valence-corrected chi connectivity index (χ1v) is 32.1. The monoisotopic (exact) mass is 1050 g/mol. The van der Waals surface area contributed by atoms with Crippen LogP contribution in [0.15, 0.2) is 97.2 Å². The van der Waals surface area contributed by atoms with E-state index < -0.39 is 20.0 Å². The summed E-state index contributed by atoms with van der Waals surface area (Å²) < 4.78 is 23.3. The summed E-state index contributed by atoms with van der Waals surface area (Å²) in [6.07, 6.45) is 79.4. The van der Waals surface area contributed by atoms with E-state index in [0.29, 0.717) is 17.4 Å². The first kappa shape index (κ1) is 71.4. The van der Waals surface area contributed by atoms with Gasteiger partial charge >= 0.3 is 0 Å². The second-order valence-corrected chi connectivity index (χ2v) is 23.1. The summed E-state index contributed by atoms with van der Waals surface area (Å²) in [5, 5.41) is 13.8. The lowest BCUT2D eigenvalue weighted by Gasteiger charge is -2.29. The Balaban J connectivity index is 3.90. The largest absolute Gasteiger partial charge is 0.756 e. The van der Waals surface area contributed by atoms with Crippen LogP contribution >= 0.6 is 7.82 Å². The van der Waals surface area contributed by atoms with Gasteiger partial charge in [-0.3, -0.25) is 9.36 Å². The van der Waals surface area contributed by atoms with E-state index in [1.807, 2.05) is 27.2 Å². The van der Waals surface area contributed by atoms with E-state index in [2.05, 4.69) is 104 Å². The molecule has 0 aromatic heterocycles. The fourth-order valence-corrected chi connectivity index (χ4v) is 9.27. The molecule has 3 unspecified atom stereocenters. The minimum absolute atomic E-state index is 0.00253. The van der Waals surface area contributed by atoms with E-state index in [9.17, 15) is 19.4 Å². The number of aliphatic hydroxyl groups is 1. The van der Waals surface area contributed by atoms with Crippen molar-refractivity contribution in [3.63, 3.8) is 0 Å². The number of carbonyl (C=O) groups is 1. The number of likely N-dealkylation sites (N-methyl/N-ethyl adjacent to an activating group) is 1. The molecule has 74 heavy (non-hydrogen) atoms. The summed E-state index contributed by atoms with van der Waals surface area (Å²) in [7, 11) is 1.26. The van der Waals surface area contributed by atoms with Crippen LogP contribution in [0.1, 0.15) is 258 Å². The number of nitrogens with one attached hydrogen (secondary N) is 1. The van der Waals surface area contributed by atoms with Gasteiger partial charge in [-0.15, -0.1) is 0 Å². The summed E-state index contributed by atoms with van der Waals surface area (Å²) in [6.45, 7) is 4.52. The molecule has 3 atom stereocenters. The van der Waals surface area contributed by atoms with Crippen LogP contribution in [-0.4, -0.2) is 68.5 Å². The molecule has 0 aliphatic rings. The second-order valence-electron chi connectivity index (χ2n) is 21.7. The van der Waals surface area contributed by atoms with E-state index in [0.717, 1.165) is 83.5 Å². The van der Waals surface area contributed by atoms with Gasteiger partial charge in [-0.05, 0) is 77.0 Å². The third kappa shape index (κ3) is 57.1. The van der Waals surface area contributed by atoms with Crippen LogP contribution in [-0.2, 0) is 18.4 Å². The zero-order chi connectivity index (χ0) is 54.2. The van der Waals surface area contributed by atoms with Gasteiger partial charge in [0.2, 0.25) is 5.91 Å². The Bertz CT molecular complexity index is 1520. The molecule has 0 aromatic carbocycles. The van der Waals surface area contributed by atoms with Gasteiger partial charge in [-0.2, -0.15) is 0 Å². The number of hydrogen-bond donors (Lipinski definition) is 2. The molecule has 0 aliphatic heterocycles. The predicted octanol–water partition coefficient (Wildman–Crippen LogP) is 18.4. The predicted molar refractivity (Wildman–Crippen MR) is 320 cm³/mol. The van der Waals surface area contributed by atoms with Crippen molar-refractivity contribution in [2.75, 3.05) is 40.9 Å². The second kappa shape index (κ2) is 55.2. The first-order valence-electron chi connectivity index (χ1n) is 30.6. The minimum atomic E-state index is -4.59. The van der Waals surface area contributed by atoms with Crippen LogP contribution in [0.3, 0.4) is 0 Å². The van der Waals surface area contributed by atoms with E-state index in [1.54, 1.807) is 6.08 Å². The molecule has 0 rings (SSSR count). The van der Waals surface area contributed by atoms with Crippen molar-refractivity contribution in [3.05, 3.63) is 97.2 Å². The highest BCUT2D eigenvalue weighted by Crippen LogP contribution is 2.38. The van der Waals surface area contributed by atoms with Crippen LogP contribution in [0.5, 0.6) is 0 Å². The van der Waals surface area contributed by atoms with Crippen molar-refractivity contribution in [3.8, 4) is 0 Å². The number of phosphoric ester groups is 1. The average Bonchev–Trinajstić information content (AvgIpc) is 3.36. The molecule has 0 saturated carbocycles. The van der Waals surface area contributed by atoms with Gasteiger partial charge in [0.1, 0.15) is 13.2 Å². The highest BCUT2D eigenvalue weighted by Gasteiger charge is 2.23. The van der Waals surface area contributed by atoms with Gasteiger partial charge < -0.3 is 28.8 Å². The van der Waals surface area contributed by atoms with Crippen LogP contribution in [0.4, 0.5) is 0 Å². The van der Waals surface area contributed by atoms with Gasteiger partial charge in [0.15, 0.2) is 0 Å². The Morgan fingerprint density at radius 2 is 0.824 bits per heavy atom. The lowest BCUT2D eigenvalue weighted by Crippen LogP contribution is -2.45.